The summed E-state index contributed by atoms with van der Waals surface area (Å²) in [6, 6.07) is 5.58. The first-order valence-electron chi connectivity index (χ1n) is 4.36. The maximum Gasteiger partial charge on any atom is 0.119 e. The first-order chi connectivity index (χ1) is 6.83. The monoisotopic (exact) mass is 251 g/mol. The van der Waals surface area contributed by atoms with Gasteiger partial charge in [-0.1, -0.05) is 22.0 Å². The highest BCUT2D eigenvalue weighted by atomic mass is 79.9. The summed E-state index contributed by atoms with van der Waals surface area (Å²) in [5, 5.41) is 10.8. The van der Waals surface area contributed by atoms with Crippen molar-refractivity contribution < 1.29 is 5.11 Å². The molecule has 1 aromatic heterocycles. The van der Waals surface area contributed by atoms with Gasteiger partial charge in [0.2, 0.25) is 0 Å². The molecular formula is C11H10BrNO. The number of phenols is 1. The van der Waals surface area contributed by atoms with Gasteiger partial charge in [-0.15, -0.1) is 0 Å². The molecule has 0 bridgehead atoms. The van der Waals surface area contributed by atoms with Crippen LogP contribution < -0.4 is 0 Å². The Labute approximate surface area is 90.4 Å². The van der Waals surface area contributed by atoms with Crippen molar-refractivity contribution in [2.45, 2.75) is 6.42 Å². The predicted octanol–water partition coefficient (Wildman–Crippen LogP) is 3.32. The van der Waals surface area contributed by atoms with Crippen molar-refractivity contribution in [2.24, 2.45) is 0 Å². The first-order valence-corrected chi connectivity index (χ1v) is 5.27. The van der Waals surface area contributed by atoms with Crippen LogP contribution in [0, 0.1) is 0 Å². The summed E-state index contributed by atoms with van der Waals surface area (Å²) < 4.78 is 0. The van der Waals surface area contributed by atoms with Gasteiger partial charge in [-0.2, -0.15) is 0 Å². The molecular weight excluding hydrogens is 242 g/mol. The van der Waals surface area contributed by atoms with Crippen LogP contribution in [-0.4, -0.2) is 10.1 Å². The Morgan fingerprint density at radius 2 is 2.21 bits per heavy atom. The summed E-state index contributed by atoms with van der Waals surface area (Å²) >= 11 is 3.22. The summed E-state index contributed by atoms with van der Waals surface area (Å²) in [4.78, 5) is 4.92. The second kappa shape index (κ2) is 3.88. The summed E-state index contributed by atoms with van der Waals surface area (Å²) in [5.41, 5.74) is 2.01. The Hall–Kier alpha value is -1.22. The van der Waals surface area contributed by atoms with Gasteiger partial charge >= 0.3 is 0 Å². The molecule has 0 radical (unpaired) electrons. The van der Waals surface area contributed by atoms with Gasteiger partial charge in [0.05, 0.1) is 0 Å². The molecule has 0 fully saturated rings. The van der Waals surface area contributed by atoms with Gasteiger partial charge in [0.25, 0.3) is 0 Å². The molecule has 14 heavy (non-hydrogen) atoms. The number of hydrogen-bond donors (Lipinski definition) is 2. The van der Waals surface area contributed by atoms with Crippen LogP contribution in [0.15, 0.2) is 35.5 Å². The van der Waals surface area contributed by atoms with E-state index in [1.54, 1.807) is 11.1 Å². The molecule has 0 amide bonds. The fraction of sp³-hybridized carbons (Fsp3) is 0.0909. The predicted molar refractivity (Wildman–Crippen MR) is 61.7 cm³/mol. The molecule has 2 nitrogen and oxygen atoms in total. The minimum atomic E-state index is 0.350. The van der Waals surface area contributed by atoms with Crippen LogP contribution in [0.2, 0.25) is 0 Å². The van der Waals surface area contributed by atoms with E-state index >= 15 is 0 Å². The second-order valence-corrected chi connectivity index (χ2v) is 3.60. The Morgan fingerprint density at radius 1 is 1.36 bits per heavy atom. The lowest BCUT2D eigenvalue weighted by Gasteiger charge is -2.02. The number of H-pyrrole nitrogens is 1. The van der Waals surface area contributed by atoms with Gasteiger partial charge in [0, 0.05) is 22.7 Å². The van der Waals surface area contributed by atoms with Crippen molar-refractivity contribution in [3.63, 3.8) is 0 Å². The average Bonchev–Trinajstić information content (AvgIpc) is 2.64. The van der Waals surface area contributed by atoms with E-state index in [1.807, 2.05) is 24.4 Å². The number of aromatic nitrogens is 1. The lowest BCUT2D eigenvalue weighted by molar-refractivity contribution is 0.471. The topological polar surface area (TPSA) is 36.0 Å². The Kier molecular flexibility index (Phi) is 2.59. The van der Waals surface area contributed by atoms with Gasteiger partial charge in [-0.3, -0.25) is 0 Å². The number of phenolic OH excluding ortho intramolecular Hbond substituents is 1. The number of rotatable bonds is 2. The van der Waals surface area contributed by atoms with E-state index in [1.165, 1.54) is 0 Å². The zero-order chi connectivity index (χ0) is 9.97. The Bertz CT molecular complexity index is 473. The van der Waals surface area contributed by atoms with Gasteiger partial charge in [-0.05, 0) is 29.6 Å². The van der Waals surface area contributed by atoms with Gasteiger partial charge < -0.3 is 10.1 Å². The quantitative estimate of drug-likeness (QED) is 0.844. The molecule has 2 aromatic rings. The molecule has 0 atom stereocenters. The van der Waals surface area contributed by atoms with Crippen molar-refractivity contribution in [1.82, 2.24) is 4.98 Å². The molecule has 2 rings (SSSR count). The number of nitrogens with one attached hydrogen (secondary N) is 1. The van der Waals surface area contributed by atoms with Crippen molar-refractivity contribution in [1.29, 1.82) is 0 Å². The number of aromatic hydroxyl groups is 1. The molecule has 3 heteroatoms. The van der Waals surface area contributed by atoms with E-state index < -0.39 is 0 Å². The van der Waals surface area contributed by atoms with Crippen molar-refractivity contribution in [3.05, 3.63) is 41.0 Å². The van der Waals surface area contributed by atoms with Crippen molar-refractivity contribution in [3.8, 4) is 5.75 Å². The van der Waals surface area contributed by atoms with Crippen LogP contribution in [0.4, 0.5) is 0 Å². The van der Waals surface area contributed by atoms with Crippen LogP contribution in [0.5, 0.6) is 5.75 Å². The van der Waals surface area contributed by atoms with Crippen LogP contribution in [0.3, 0.4) is 0 Å². The molecule has 0 saturated heterocycles. The lowest BCUT2D eigenvalue weighted by atomic mass is 10.1. The fourth-order valence-corrected chi connectivity index (χ4v) is 1.75. The highest BCUT2D eigenvalue weighted by Crippen LogP contribution is 2.27. The van der Waals surface area contributed by atoms with Crippen LogP contribution in [0.25, 0.3) is 10.9 Å². The maximum atomic E-state index is 9.69. The normalized spacial score (nSPS) is 11.5. The molecule has 0 aliphatic heterocycles. The van der Waals surface area contributed by atoms with Crippen molar-refractivity contribution in [2.75, 3.05) is 0 Å². The minimum Gasteiger partial charge on any atom is -0.508 e. The molecule has 0 spiro atoms. The second-order valence-electron chi connectivity index (χ2n) is 3.07. The van der Waals surface area contributed by atoms with E-state index in [4.69, 9.17) is 0 Å². The highest BCUT2D eigenvalue weighted by Gasteiger charge is 2.05. The van der Waals surface area contributed by atoms with Gasteiger partial charge in [-0.25, -0.2) is 0 Å². The Morgan fingerprint density at radius 3 is 3.00 bits per heavy atom. The number of allylic oxidation sites excluding steroid dienone is 1. The molecule has 0 unspecified atom stereocenters. The number of fused-ring (bicyclic) bond motifs is 1. The molecule has 0 aliphatic carbocycles. The number of aromatic amines is 1. The van der Waals surface area contributed by atoms with E-state index in [0.29, 0.717) is 5.75 Å². The largest absolute Gasteiger partial charge is 0.508 e. The van der Waals surface area contributed by atoms with Crippen molar-refractivity contribution >= 4 is 26.8 Å². The lowest BCUT2D eigenvalue weighted by Crippen LogP contribution is -1.83. The molecule has 0 aliphatic rings. The molecule has 1 heterocycles. The molecule has 72 valence electrons. The van der Waals surface area contributed by atoms with E-state index in [2.05, 4.69) is 20.9 Å². The van der Waals surface area contributed by atoms with Crippen LogP contribution in [-0.2, 0) is 6.42 Å². The average molecular weight is 252 g/mol. The zero-order valence-electron chi connectivity index (χ0n) is 7.50. The number of halogens is 1. The zero-order valence-corrected chi connectivity index (χ0v) is 9.08. The van der Waals surface area contributed by atoms with E-state index in [0.717, 1.165) is 22.9 Å². The number of benzene rings is 1. The maximum absolute atomic E-state index is 9.69. The molecule has 2 N–H and O–H groups in total. The molecule has 1 aromatic carbocycles. The third-order valence-corrected chi connectivity index (χ3v) is 2.61. The summed E-state index contributed by atoms with van der Waals surface area (Å²) in [5.74, 6) is 0.350. The highest BCUT2D eigenvalue weighted by molar-refractivity contribution is 9.11. The summed E-state index contributed by atoms with van der Waals surface area (Å²) in [7, 11) is 0. The van der Waals surface area contributed by atoms with Gasteiger partial charge in [0.15, 0.2) is 0 Å². The van der Waals surface area contributed by atoms with E-state index in [9.17, 15) is 5.11 Å². The van der Waals surface area contributed by atoms with Gasteiger partial charge in [0.1, 0.15) is 5.75 Å². The third kappa shape index (κ3) is 1.55. The first kappa shape index (κ1) is 9.34. The van der Waals surface area contributed by atoms with Crippen LogP contribution in [0.1, 0.15) is 5.56 Å². The van der Waals surface area contributed by atoms with E-state index in [-0.39, 0.29) is 0 Å². The summed E-state index contributed by atoms with van der Waals surface area (Å²) in [6.45, 7) is 0. The third-order valence-electron chi connectivity index (χ3n) is 2.23. The summed E-state index contributed by atoms with van der Waals surface area (Å²) in [6.07, 6.45) is 4.57. The standard InChI is InChI=1S/C11H10BrNO/c12-6-1-2-9-8-5-7-13-10(8)3-4-11(9)14/h1,3-7,13-14H,2H2. The SMILES string of the molecule is Oc1ccc2[nH]ccc2c1CC=CBr. The minimum absolute atomic E-state index is 0.350. The Balaban J connectivity index is 2.58. The molecule has 0 saturated carbocycles. The number of hydrogen-bond acceptors (Lipinski definition) is 1. The fourth-order valence-electron chi connectivity index (χ4n) is 1.56. The smallest absolute Gasteiger partial charge is 0.119 e. The van der Waals surface area contributed by atoms with Crippen LogP contribution >= 0.6 is 15.9 Å².